The van der Waals surface area contributed by atoms with Crippen molar-refractivity contribution in [3.63, 3.8) is 0 Å². The van der Waals surface area contributed by atoms with Gasteiger partial charge in [-0.3, -0.25) is 19.2 Å². The van der Waals surface area contributed by atoms with Gasteiger partial charge in [-0.2, -0.15) is 0 Å². The van der Waals surface area contributed by atoms with E-state index in [0.717, 1.165) is 19.3 Å². The van der Waals surface area contributed by atoms with E-state index < -0.39 is 47.9 Å². The molecule has 0 aliphatic carbocycles. The number of hydrogen-bond donors (Lipinski definition) is 7. The number of carbonyl (C=O) groups is 5. The summed E-state index contributed by atoms with van der Waals surface area (Å²) < 4.78 is 12.0. The van der Waals surface area contributed by atoms with Crippen LogP contribution in [0.1, 0.15) is 108 Å². The Labute approximate surface area is 337 Å². The highest BCUT2D eigenvalue weighted by Crippen LogP contribution is 2.40. The molecule has 0 saturated heterocycles. The number of carbonyl (C=O) groups excluding carboxylic acids is 4. The number of nitrogens with one attached hydrogen (secondary N) is 3. The van der Waals surface area contributed by atoms with Gasteiger partial charge in [0.05, 0.1) is 0 Å². The second-order valence-corrected chi connectivity index (χ2v) is 14.7. The predicted molar refractivity (Wildman–Crippen MR) is 219 cm³/mol. The van der Waals surface area contributed by atoms with Gasteiger partial charge in [-0.1, -0.05) is 83.3 Å². The SMILES string of the molecule is CCCCCCCCCCCCCC(=O)NC(CN)C(=O)N(C)C1C(=O)NC(C)C(=O)NC(C(=O)O)Cc2ccc(OCCN)c(c2)-c2cc1ccc2OCCN. The first kappa shape index (κ1) is 46.7. The van der Waals surface area contributed by atoms with Crippen molar-refractivity contribution >= 4 is 29.6 Å². The fraction of sp³-hybridized carbons (Fsp3) is 0.595. The number of unbranched alkanes of at least 4 members (excludes halogenated alkanes) is 10. The summed E-state index contributed by atoms with van der Waals surface area (Å²) in [4.78, 5) is 68.1. The molecule has 2 aromatic rings. The molecule has 0 saturated carbocycles. The van der Waals surface area contributed by atoms with Crippen molar-refractivity contribution in [2.45, 2.75) is 121 Å². The summed E-state index contributed by atoms with van der Waals surface area (Å²) >= 11 is 0. The van der Waals surface area contributed by atoms with Crippen molar-refractivity contribution in [2.24, 2.45) is 17.2 Å². The average Bonchev–Trinajstić information content (AvgIpc) is 3.19. The summed E-state index contributed by atoms with van der Waals surface area (Å²) in [6.07, 6.45) is 12.7. The summed E-state index contributed by atoms with van der Waals surface area (Å²) in [6, 6.07) is 5.10. The zero-order valence-corrected chi connectivity index (χ0v) is 34.0. The maximum absolute atomic E-state index is 14.2. The molecule has 1 aliphatic rings. The molecule has 10 N–H and O–H groups in total. The number of hydrogen-bond acceptors (Lipinski definition) is 10. The lowest BCUT2D eigenvalue weighted by molar-refractivity contribution is -0.143. The van der Waals surface area contributed by atoms with Gasteiger partial charge < -0.3 is 52.6 Å². The molecular weight excluding hydrogens is 731 g/mol. The van der Waals surface area contributed by atoms with E-state index in [4.69, 9.17) is 26.7 Å². The minimum absolute atomic E-state index is 0.0735. The van der Waals surface area contributed by atoms with Crippen LogP contribution in [-0.2, 0) is 30.4 Å². The largest absolute Gasteiger partial charge is 0.492 e. The highest BCUT2D eigenvalue weighted by molar-refractivity contribution is 5.96. The number of rotatable bonds is 23. The molecule has 15 heteroatoms. The highest BCUT2D eigenvalue weighted by Gasteiger charge is 2.35. The second-order valence-electron chi connectivity index (χ2n) is 14.7. The van der Waals surface area contributed by atoms with Gasteiger partial charge in [0.2, 0.25) is 23.6 Å². The topological polar surface area (TPSA) is 241 Å². The van der Waals surface area contributed by atoms with Crippen LogP contribution in [0.15, 0.2) is 36.4 Å². The lowest BCUT2D eigenvalue weighted by Gasteiger charge is -2.32. The quantitative estimate of drug-likeness (QED) is 0.0805. The third kappa shape index (κ3) is 14.6. The maximum atomic E-state index is 14.2. The van der Waals surface area contributed by atoms with Gasteiger partial charge in [0.1, 0.15) is 48.9 Å². The fourth-order valence-electron chi connectivity index (χ4n) is 6.88. The van der Waals surface area contributed by atoms with E-state index in [1.54, 1.807) is 36.4 Å². The summed E-state index contributed by atoms with van der Waals surface area (Å²) in [5.41, 5.74) is 19.5. The van der Waals surface area contributed by atoms with Crippen molar-refractivity contribution in [3.8, 4) is 22.6 Å². The Morgan fingerprint density at radius 1 is 0.825 bits per heavy atom. The van der Waals surface area contributed by atoms with Gasteiger partial charge in [0.15, 0.2) is 0 Å². The Morgan fingerprint density at radius 2 is 1.39 bits per heavy atom. The molecule has 0 spiro atoms. The zero-order chi connectivity index (χ0) is 41.7. The van der Waals surface area contributed by atoms with Gasteiger partial charge in [0, 0.05) is 50.7 Å². The van der Waals surface area contributed by atoms with Crippen LogP contribution in [0.4, 0.5) is 0 Å². The summed E-state index contributed by atoms with van der Waals surface area (Å²) in [6.45, 7) is 4.18. The van der Waals surface area contributed by atoms with Crippen LogP contribution in [-0.4, -0.2) is 97.6 Å². The highest BCUT2D eigenvalue weighted by atomic mass is 16.5. The monoisotopic (exact) mass is 795 g/mol. The Kier molecular flexibility index (Phi) is 20.3. The number of carboxylic acid groups (broad SMARTS) is 1. The number of ether oxygens (including phenoxy) is 2. The molecule has 0 fully saturated rings. The molecule has 4 atom stereocenters. The van der Waals surface area contributed by atoms with Crippen molar-refractivity contribution in [1.82, 2.24) is 20.9 Å². The standard InChI is InChI=1S/C42H65N7O8/c1-4-5-6-7-8-9-10-11-12-13-14-15-37(50)47-34(27-45)41(53)49(3)38-30-17-19-36(57-23-21-44)32(26-30)31-24-29(16-18-35(31)56-22-20-43)25-33(42(54)55)48-39(51)28(2)46-40(38)52/h16-19,24,26,28,33-34,38H,4-15,20-23,25,27,43-45H2,1-3H3,(H,46,52)(H,47,50)(H,48,51)(H,54,55). The minimum atomic E-state index is -1.33. The Balaban J connectivity index is 1.92. The van der Waals surface area contributed by atoms with Crippen LogP contribution in [0.25, 0.3) is 11.1 Å². The first-order chi connectivity index (χ1) is 27.4. The molecule has 1 heterocycles. The number of nitrogens with two attached hydrogens (primary N) is 3. The minimum Gasteiger partial charge on any atom is -0.492 e. The van der Waals surface area contributed by atoms with E-state index in [1.165, 1.54) is 63.8 Å². The number of aliphatic carboxylic acids is 1. The van der Waals surface area contributed by atoms with E-state index in [1.807, 2.05) is 0 Å². The summed E-state index contributed by atoms with van der Waals surface area (Å²) in [5, 5.41) is 18.0. The van der Waals surface area contributed by atoms with Crippen molar-refractivity contribution in [1.29, 1.82) is 0 Å². The van der Waals surface area contributed by atoms with Crippen LogP contribution in [0, 0.1) is 0 Å². The molecule has 15 nitrogen and oxygen atoms in total. The zero-order valence-electron chi connectivity index (χ0n) is 34.0. The second kappa shape index (κ2) is 24.8. The van der Waals surface area contributed by atoms with Crippen LogP contribution in [0.3, 0.4) is 0 Å². The smallest absolute Gasteiger partial charge is 0.326 e. The maximum Gasteiger partial charge on any atom is 0.326 e. The first-order valence-corrected chi connectivity index (χ1v) is 20.5. The van der Waals surface area contributed by atoms with Crippen molar-refractivity contribution < 1.29 is 38.6 Å². The molecular formula is C42H65N7O8. The Hall–Kier alpha value is -4.73. The van der Waals surface area contributed by atoms with Crippen LogP contribution >= 0.6 is 0 Å². The molecule has 4 unspecified atom stereocenters. The molecule has 3 rings (SSSR count). The van der Waals surface area contributed by atoms with Crippen LogP contribution in [0.5, 0.6) is 11.5 Å². The number of likely N-dealkylation sites (N-methyl/N-ethyl adjacent to an activating group) is 1. The molecule has 4 bridgehead atoms. The molecule has 0 radical (unpaired) electrons. The van der Waals surface area contributed by atoms with E-state index in [0.29, 0.717) is 40.2 Å². The predicted octanol–water partition coefficient (Wildman–Crippen LogP) is 3.30. The average molecular weight is 796 g/mol. The van der Waals surface area contributed by atoms with Crippen molar-refractivity contribution in [3.05, 3.63) is 47.5 Å². The number of fused-ring (bicyclic) bond motifs is 5. The van der Waals surface area contributed by atoms with Gasteiger partial charge >= 0.3 is 5.97 Å². The number of amides is 4. The van der Waals surface area contributed by atoms with Gasteiger partial charge in [-0.25, -0.2) is 4.79 Å². The lowest BCUT2D eigenvalue weighted by Crippen LogP contribution is -2.56. The fourth-order valence-corrected chi connectivity index (χ4v) is 6.88. The number of benzene rings is 2. The van der Waals surface area contributed by atoms with Crippen molar-refractivity contribution in [2.75, 3.05) is 39.9 Å². The van der Waals surface area contributed by atoms with Gasteiger partial charge in [0.25, 0.3) is 0 Å². The molecule has 0 aromatic heterocycles. The molecule has 316 valence electrons. The van der Waals surface area contributed by atoms with E-state index in [2.05, 4.69) is 22.9 Å². The molecule has 57 heavy (non-hydrogen) atoms. The normalized spacial score (nSPS) is 17.4. The van der Waals surface area contributed by atoms with E-state index in [9.17, 15) is 29.1 Å². The van der Waals surface area contributed by atoms with Crippen LogP contribution in [0.2, 0.25) is 0 Å². The summed E-state index contributed by atoms with van der Waals surface area (Å²) in [5.74, 6) is -2.86. The molecule has 1 aliphatic heterocycles. The molecule has 4 amide bonds. The number of carboxylic acids is 1. The van der Waals surface area contributed by atoms with E-state index in [-0.39, 0.29) is 51.6 Å². The van der Waals surface area contributed by atoms with E-state index >= 15 is 0 Å². The molecule has 2 aromatic carbocycles. The Morgan fingerprint density at radius 3 is 1.95 bits per heavy atom. The lowest BCUT2D eigenvalue weighted by atomic mass is 9.93. The summed E-state index contributed by atoms with van der Waals surface area (Å²) in [7, 11) is 1.43. The third-order valence-electron chi connectivity index (χ3n) is 10.1. The number of nitrogens with zero attached hydrogens (tertiary/aromatic N) is 1. The van der Waals surface area contributed by atoms with Crippen LogP contribution < -0.4 is 42.6 Å². The first-order valence-electron chi connectivity index (χ1n) is 20.5. The van der Waals surface area contributed by atoms with Gasteiger partial charge in [-0.15, -0.1) is 0 Å². The third-order valence-corrected chi connectivity index (χ3v) is 10.1. The van der Waals surface area contributed by atoms with Gasteiger partial charge in [-0.05, 0) is 48.7 Å². The Bertz CT molecular complexity index is 1620.